The highest BCUT2D eigenvalue weighted by Crippen LogP contribution is 2.40. The quantitative estimate of drug-likeness (QED) is 0.617. The molecule has 2 unspecified atom stereocenters. The molecule has 3 aromatic rings. The van der Waals surface area contributed by atoms with Crippen LogP contribution in [0.2, 0.25) is 0 Å². The molecule has 2 aromatic carbocycles. The van der Waals surface area contributed by atoms with Crippen LogP contribution >= 0.6 is 0 Å². The van der Waals surface area contributed by atoms with Crippen LogP contribution in [0.5, 0.6) is 0 Å². The standard InChI is InChI=1S/C24H24FN3O3S/c1-17-4-10-21(11-5-17)32(30,31)28-22(19-6-8-20(25)9-7-19)12-13-23(28)24(29)27-16-18-3-2-14-26-15-18/h2-11,14-15,22-23H,12-13,16H2,1H3,(H,27,29). The van der Waals surface area contributed by atoms with Crippen molar-refractivity contribution in [3.63, 3.8) is 0 Å². The maximum Gasteiger partial charge on any atom is 0.244 e. The fourth-order valence-corrected chi connectivity index (χ4v) is 5.83. The zero-order valence-electron chi connectivity index (χ0n) is 17.6. The average molecular weight is 454 g/mol. The first-order chi connectivity index (χ1) is 15.4. The van der Waals surface area contributed by atoms with E-state index in [1.54, 1.807) is 54.9 Å². The van der Waals surface area contributed by atoms with Gasteiger partial charge in [0.05, 0.1) is 10.9 Å². The number of nitrogens with zero attached hydrogens (tertiary/aromatic N) is 2. The lowest BCUT2D eigenvalue weighted by Crippen LogP contribution is -2.46. The number of carbonyl (C=O) groups is 1. The summed E-state index contributed by atoms with van der Waals surface area (Å²) in [6.07, 6.45) is 4.12. The van der Waals surface area contributed by atoms with Gasteiger partial charge in [0.25, 0.3) is 0 Å². The van der Waals surface area contributed by atoms with E-state index in [-0.39, 0.29) is 17.3 Å². The van der Waals surface area contributed by atoms with Gasteiger partial charge >= 0.3 is 0 Å². The number of benzene rings is 2. The van der Waals surface area contributed by atoms with E-state index in [2.05, 4.69) is 10.3 Å². The summed E-state index contributed by atoms with van der Waals surface area (Å²) in [5.41, 5.74) is 2.41. The van der Waals surface area contributed by atoms with Crippen LogP contribution in [0.3, 0.4) is 0 Å². The molecule has 1 aliphatic rings. The van der Waals surface area contributed by atoms with Crippen molar-refractivity contribution in [3.05, 3.63) is 95.6 Å². The topological polar surface area (TPSA) is 79.4 Å². The Labute approximate surface area is 187 Å². The van der Waals surface area contributed by atoms with E-state index < -0.39 is 27.9 Å². The maximum absolute atomic E-state index is 13.6. The van der Waals surface area contributed by atoms with Gasteiger partial charge in [0.1, 0.15) is 11.9 Å². The summed E-state index contributed by atoms with van der Waals surface area (Å²) < 4.78 is 42.0. The maximum atomic E-state index is 13.6. The number of aromatic nitrogens is 1. The van der Waals surface area contributed by atoms with E-state index in [0.717, 1.165) is 11.1 Å². The first-order valence-electron chi connectivity index (χ1n) is 10.4. The Kier molecular flexibility index (Phi) is 6.34. The van der Waals surface area contributed by atoms with Crippen molar-refractivity contribution in [2.24, 2.45) is 0 Å². The van der Waals surface area contributed by atoms with E-state index in [4.69, 9.17) is 0 Å². The minimum absolute atomic E-state index is 0.127. The lowest BCUT2D eigenvalue weighted by atomic mass is 10.1. The van der Waals surface area contributed by atoms with Crippen LogP contribution in [0.4, 0.5) is 4.39 Å². The normalized spacial score (nSPS) is 19.1. The number of hydrogen-bond acceptors (Lipinski definition) is 4. The highest BCUT2D eigenvalue weighted by atomic mass is 32.2. The lowest BCUT2D eigenvalue weighted by Gasteiger charge is -2.29. The van der Waals surface area contributed by atoms with Gasteiger partial charge in [-0.15, -0.1) is 0 Å². The number of carbonyl (C=O) groups excluding carboxylic acids is 1. The molecule has 32 heavy (non-hydrogen) atoms. The predicted molar refractivity (Wildman–Crippen MR) is 118 cm³/mol. The number of nitrogens with one attached hydrogen (secondary N) is 1. The number of pyridine rings is 1. The summed E-state index contributed by atoms with van der Waals surface area (Å²) >= 11 is 0. The molecular formula is C24H24FN3O3S. The Morgan fingerprint density at radius 3 is 2.47 bits per heavy atom. The van der Waals surface area contributed by atoms with Crippen molar-refractivity contribution in [1.82, 2.24) is 14.6 Å². The first-order valence-corrected chi connectivity index (χ1v) is 11.8. The molecule has 1 fully saturated rings. The van der Waals surface area contributed by atoms with E-state index >= 15 is 0 Å². The number of hydrogen-bond donors (Lipinski definition) is 1. The van der Waals surface area contributed by atoms with E-state index in [1.807, 2.05) is 13.0 Å². The van der Waals surface area contributed by atoms with Crippen LogP contribution in [-0.4, -0.2) is 29.7 Å². The van der Waals surface area contributed by atoms with Gasteiger partial charge in [-0.2, -0.15) is 4.31 Å². The van der Waals surface area contributed by atoms with Crippen molar-refractivity contribution < 1.29 is 17.6 Å². The lowest BCUT2D eigenvalue weighted by molar-refractivity contribution is -0.124. The molecule has 1 aliphatic heterocycles. The third-order valence-electron chi connectivity index (χ3n) is 5.67. The molecule has 0 spiro atoms. The molecule has 2 heterocycles. The van der Waals surface area contributed by atoms with Gasteiger partial charge in [0, 0.05) is 18.9 Å². The van der Waals surface area contributed by atoms with Crippen molar-refractivity contribution in [3.8, 4) is 0 Å². The molecule has 166 valence electrons. The fourth-order valence-electron chi connectivity index (χ4n) is 4.01. The van der Waals surface area contributed by atoms with Gasteiger partial charge in [0.2, 0.25) is 15.9 Å². The van der Waals surface area contributed by atoms with Gasteiger partial charge in [-0.25, -0.2) is 12.8 Å². The summed E-state index contributed by atoms with van der Waals surface area (Å²) in [4.78, 5) is 17.3. The Hall–Kier alpha value is -3.10. The second-order valence-corrected chi connectivity index (χ2v) is 9.73. The third-order valence-corrected chi connectivity index (χ3v) is 7.60. The van der Waals surface area contributed by atoms with Crippen LogP contribution in [0.1, 0.15) is 35.6 Å². The van der Waals surface area contributed by atoms with Gasteiger partial charge in [0.15, 0.2) is 0 Å². The molecule has 1 aromatic heterocycles. The van der Waals surface area contributed by atoms with Crippen LogP contribution < -0.4 is 5.32 Å². The van der Waals surface area contributed by atoms with Gasteiger partial charge in [-0.3, -0.25) is 9.78 Å². The predicted octanol–water partition coefficient (Wildman–Crippen LogP) is 3.74. The third kappa shape index (κ3) is 4.56. The average Bonchev–Trinajstić information content (AvgIpc) is 3.25. The second-order valence-electron chi connectivity index (χ2n) is 7.89. The molecule has 2 atom stereocenters. The van der Waals surface area contributed by atoms with Gasteiger partial charge in [-0.1, -0.05) is 35.9 Å². The first kappa shape index (κ1) is 22.1. The smallest absolute Gasteiger partial charge is 0.244 e. The minimum Gasteiger partial charge on any atom is -0.351 e. The molecule has 8 heteroatoms. The van der Waals surface area contributed by atoms with Crippen LogP contribution in [0.15, 0.2) is 78.0 Å². The SMILES string of the molecule is Cc1ccc(S(=O)(=O)N2C(C(=O)NCc3cccnc3)CCC2c2ccc(F)cc2)cc1. The monoisotopic (exact) mass is 453 g/mol. The van der Waals surface area contributed by atoms with Crippen LogP contribution in [-0.2, 0) is 21.4 Å². The van der Waals surface area contributed by atoms with Crippen LogP contribution in [0.25, 0.3) is 0 Å². The molecule has 4 rings (SSSR count). The van der Waals surface area contributed by atoms with Gasteiger partial charge < -0.3 is 5.32 Å². The molecule has 1 amide bonds. The fraction of sp³-hybridized carbons (Fsp3) is 0.250. The summed E-state index contributed by atoms with van der Waals surface area (Å²) in [7, 11) is -3.97. The van der Waals surface area contributed by atoms with Crippen molar-refractivity contribution in [2.45, 2.75) is 43.3 Å². The van der Waals surface area contributed by atoms with Crippen molar-refractivity contribution in [2.75, 3.05) is 0 Å². The molecule has 1 saturated heterocycles. The number of amides is 1. The number of rotatable bonds is 6. The Morgan fingerprint density at radius 2 is 1.81 bits per heavy atom. The zero-order chi connectivity index (χ0) is 22.7. The van der Waals surface area contributed by atoms with Gasteiger partial charge in [-0.05, 0) is 61.2 Å². The Bertz CT molecular complexity index is 1180. The molecule has 0 radical (unpaired) electrons. The molecule has 0 bridgehead atoms. The van der Waals surface area contributed by atoms with E-state index in [0.29, 0.717) is 18.4 Å². The number of halogens is 1. The molecular weight excluding hydrogens is 429 g/mol. The molecule has 1 N–H and O–H groups in total. The Balaban J connectivity index is 1.66. The zero-order valence-corrected chi connectivity index (χ0v) is 18.4. The van der Waals surface area contributed by atoms with Crippen molar-refractivity contribution >= 4 is 15.9 Å². The molecule has 0 aliphatic carbocycles. The Morgan fingerprint density at radius 1 is 1.09 bits per heavy atom. The highest BCUT2D eigenvalue weighted by molar-refractivity contribution is 7.89. The molecule has 6 nitrogen and oxygen atoms in total. The molecule has 0 saturated carbocycles. The minimum atomic E-state index is -3.97. The largest absolute Gasteiger partial charge is 0.351 e. The summed E-state index contributed by atoms with van der Waals surface area (Å²) in [5.74, 6) is -0.764. The van der Waals surface area contributed by atoms with E-state index in [1.165, 1.54) is 16.4 Å². The highest BCUT2D eigenvalue weighted by Gasteiger charge is 2.46. The number of aryl methyl sites for hydroxylation is 1. The van der Waals surface area contributed by atoms with E-state index in [9.17, 15) is 17.6 Å². The summed E-state index contributed by atoms with van der Waals surface area (Å²) in [5, 5.41) is 2.84. The van der Waals surface area contributed by atoms with Crippen LogP contribution in [0, 0.1) is 12.7 Å². The summed E-state index contributed by atoms with van der Waals surface area (Å²) in [6, 6.07) is 14.5. The summed E-state index contributed by atoms with van der Waals surface area (Å²) in [6.45, 7) is 2.13. The van der Waals surface area contributed by atoms with Crippen molar-refractivity contribution in [1.29, 1.82) is 0 Å². The second kappa shape index (κ2) is 9.18. The number of sulfonamides is 1.